The van der Waals surface area contributed by atoms with Crippen LogP contribution in [-0.2, 0) is 16.1 Å². The van der Waals surface area contributed by atoms with Crippen LogP contribution < -0.4 is 5.32 Å². The second-order valence-corrected chi connectivity index (χ2v) is 7.79. The van der Waals surface area contributed by atoms with Crippen LogP contribution in [0.2, 0.25) is 0 Å². The third-order valence-corrected chi connectivity index (χ3v) is 5.27. The van der Waals surface area contributed by atoms with Gasteiger partial charge < -0.3 is 10.1 Å². The van der Waals surface area contributed by atoms with Crippen molar-refractivity contribution in [2.75, 3.05) is 31.6 Å². The number of pyridine rings is 1. The van der Waals surface area contributed by atoms with Crippen molar-refractivity contribution >= 4 is 22.5 Å². The number of nitrogens with zero attached hydrogens (tertiary/aromatic N) is 2. The van der Waals surface area contributed by atoms with E-state index in [4.69, 9.17) is 9.72 Å². The van der Waals surface area contributed by atoms with Gasteiger partial charge in [0, 0.05) is 42.2 Å². The fourth-order valence-electron chi connectivity index (χ4n) is 3.54. The van der Waals surface area contributed by atoms with Crippen LogP contribution in [0.4, 0.5) is 5.69 Å². The fourth-order valence-corrected chi connectivity index (χ4v) is 3.54. The molecule has 29 heavy (non-hydrogen) atoms. The number of rotatable bonds is 5. The first kappa shape index (κ1) is 19.6. The van der Waals surface area contributed by atoms with E-state index in [9.17, 15) is 4.79 Å². The maximum Gasteiger partial charge on any atom is 0.226 e. The Bertz CT molecular complexity index is 993. The van der Waals surface area contributed by atoms with Crippen molar-refractivity contribution in [2.24, 2.45) is 5.92 Å². The van der Waals surface area contributed by atoms with Crippen LogP contribution in [0, 0.1) is 5.92 Å². The van der Waals surface area contributed by atoms with Crippen molar-refractivity contribution in [1.29, 1.82) is 0 Å². The maximum absolute atomic E-state index is 11.9. The van der Waals surface area contributed by atoms with Gasteiger partial charge in [0.05, 0.1) is 24.4 Å². The average Bonchev–Trinajstić information content (AvgIpc) is 2.75. The molecule has 0 unspecified atom stereocenters. The number of carbonyl (C=O) groups excluding carboxylic acids is 1. The van der Waals surface area contributed by atoms with Gasteiger partial charge in [-0.05, 0) is 29.8 Å². The van der Waals surface area contributed by atoms with Crippen LogP contribution >= 0.6 is 0 Å². The number of aromatic nitrogens is 1. The van der Waals surface area contributed by atoms with Crippen molar-refractivity contribution in [3.05, 3.63) is 60.2 Å². The van der Waals surface area contributed by atoms with E-state index < -0.39 is 0 Å². The monoisotopic (exact) mass is 389 g/mol. The van der Waals surface area contributed by atoms with Gasteiger partial charge in [-0.3, -0.25) is 9.69 Å². The summed E-state index contributed by atoms with van der Waals surface area (Å²) in [5, 5.41) is 4.14. The molecule has 0 aliphatic carbocycles. The lowest BCUT2D eigenvalue weighted by Crippen LogP contribution is -2.35. The van der Waals surface area contributed by atoms with Crippen molar-refractivity contribution in [1.82, 2.24) is 9.88 Å². The molecule has 0 atom stereocenters. The highest BCUT2D eigenvalue weighted by Gasteiger charge is 2.14. The van der Waals surface area contributed by atoms with Crippen LogP contribution in [0.3, 0.4) is 0 Å². The summed E-state index contributed by atoms with van der Waals surface area (Å²) in [5.74, 6) is -0.0195. The molecule has 0 saturated carbocycles. The first-order valence-electron chi connectivity index (χ1n) is 10.2. The fraction of sp³-hybridized carbons (Fsp3) is 0.333. The summed E-state index contributed by atoms with van der Waals surface area (Å²) >= 11 is 0. The second-order valence-electron chi connectivity index (χ2n) is 7.79. The van der Waals surface area contributed by atoms with Gasteiger partial charge in [-0.25, -0.2) is 4.98 Å². The van der Waals surface area contributed by atoms with Crippen LogP contribution in [-0.4, -0.2) is 42.1 Å². The van der Waals surface area contributed by atoms with Crippen molar-refractivity contribution < 1.29 is 9.53 Å². The lowest BCUT2D eigenvalue weighted by atomic mass is 10.0. The number of fused-ring (bicyclic) bond motifs is 1. The Hall–Kier alpha value is -2.76. The molecule has 4 rings (SSSR count). The standard InChI is InChI=1S/C24H27N3O2/c1-17(2)24(28)25-20-9-7-18(8-10-20)23-15-19(16-27-11-13-29-14-12-27)21-5-3-4-6-22(21)26-23/h3-10,15,17H,11-14,16H2,1-2H3,(H,25,28). The lowest BCUT2D eigenvalue weighted by Gasteiger charge is -2.27. The van der Waals surface area contributed by atoms with Gasteiger partial charge in [0.15, 0.2) is 0 Å². The third-order valence-electron chi connectivity index (χ3n) is 5.27. The highest BCUT2D eigenvalue weighted by Crippen LogP contribution is 2.27. The predicted molar refractivity (Wildman–Crippen MR) is 117 cm³/mol. The number of nitrogens with one attached hydrogen (secondary N) is 1. The summed E-state index contributed by atoms with van der Waals surface area (Å²) in [6.07, 6.45) is 0. The quantitative estimate of drug-likeness (QED) is 0.706. The molecule has 150 valence electrons. The Morgan fingerprint density at radius 2 is 1.83 bits per heavy atom. The van der Waals surface area contributed by atoms with Gasteiger partial charge in [0.25, 0.3) is 0 Å². The van der Waals surface area contributed by atoms with Gasteiger partial charge in [0.1, 0.15) is 0 Å². The minimum atomic E-state index is -0.0421. The minimum Gasteiger partial charge on any atom is -0.379 e. The number of hydrogen-bond donors (Lipinski definition) is 1. The molecule has 2 aromatic carbocycles. The minimum absolute atomic E-state index is 0.0226. The second kappa shape index (κ2) is 8.72. The largest absolute Gasteiger partial charge is 0.379 e. The van der Waals surface area contributed by atoms with E-state index in [1.54, 1.807) is 0 Å². The number of ether oxygens (including phenoxy) is 1. The number of hydrogen-bond acceptors (Lipinski definition) is 4. The predicted octanol–water partition coefficient (Wildman–Crippen LogP) is 4.33. The van der Waals surface area contributed by atoms with E-state index in [0.29, 0.717) is 0 Å². The van der Waals surface area contributed by atoms with Gasteiger partial charge in [0.2, 0.25) is 5.91 Å². The van der Waals surface area contributed by atoms with E-state index in [0.717, 1.165) is 55.3 Å². The molecule has 1 N–H and O–H groups in total. The summed E-state index contributed by atoms with van der Waals surface area (Å²) in [4.78, 5) is 19.2. The molecule has 1 saturated heterocycles. The van der Waals surface area contributed by atoms with E-state index in [1.807, 2.05) is 44.2 Å². The Morgan fingerprint density at radius 1 is 1.10 bits per heavy atom. The molecular formula is C24H27N3O2. The molecule has 2 heterocycles. The molecule has 1 amide bonds. The number of para-hydroxylation sites is 1. The van der Waals surface area contributed by atoms with Crippen LogP contribution in [0.25, 0.3) is 22.2 Å². The number of anilines is 1. The smallest absolute Gasteiger partial charge is 0.226 e. The first-order chi connectivity index (χ1) is 14.1. The SMILES string of the molecule is CC(C)C(=O)Nc1ccc(-c2cc(CN3CCOCC3)c3ccccc3n2)cc1. The molecule has 5 heteroatoms. The van der Waals surface area contributed by atoms with Gasteiger partial charge in [-0.1, -0.05) is 44.2 Å². The molecule has 1 aliphatic heterocycles. The van der Waals surface area contributed by atoms with Gasteiger partial charge in [-0.15, -0.1) is 0 Å². The number of morpholine rings is 1. The zero-order valence-corrected chi connectivity index (χ0v) is 17.0. The molecule has 0 spiro atoms. The molecule has 1 fully saturated rings. The highest BCUT2D eigenvalue weighted by molar-refractivity contribution is 5.92. The molecule has 1 aliphatic rings. The van der Waals surface area contributed by atoms with E-state index in [1.165, 1.54) is 10.9 Å². The Labute approximate surface area is 171 Å². The Morgan fingerprint density at radius 3 is 2.55 bits per heavy atom. The van der Waals surface area contributed by atoms with E-state index >= 15 is 0 Å². The van der Waals surface area contributed by atoms with Crippen molar-refractivity contribution in [3.8, 4) is 11.3 Å². The zero-order chi connectivity index (χ0) is 20.2. The maximum atomic E-state index is 11.9. The van der Waals surface area contributed by atoms with Crippen LogP contribution in [0.5, 0.6) is 0 Å². The number of carbonyl (C=O) groups is 1. The van der Waals surface area contributed by atoms with E-state index in [-0.39, 0.29) is 11.8 Å². The van der Waals surface area contributed by atoms with E-state index in [2.05, 4.69) is 34.5 Å². The number of amides is 1. The molecule has 1 aromatic heterocycles. The highest BCUT2D eigenvalue weighted by atomic mass is 16.5. The first-order valence-corrected chi connectivity index (χ1v) is 10.2. The lowest BCUT2D eigenvalue weighted by molar-refractivity contribution is -0.118. The summed E-state index contributed by atoms with van der Waals surface area (Å²) in [6, 6.07) is 18.4. The van der Waals surface area contributed by atoms with Crippen molar-refractivity contribution in [3.63, 3.8) is 0 Å². The van der Waals surface area contributed by atoms with Gasteiger partial charge in [-0.2, -0.15) is 0 Å². The normalized spacial score (nSPS) is 15.0. The number of benzene rings is 2. The summed E-state index contributed by atoms with van der Waals surface area (Å²) < 4.78 is 5.49. The molecule has 5 nitrogen and oxygen atoms in total. The molecule has 3 aromatic rings. The summed E-state index contributed by atoms with van der Waals surface area (Å²) in [7, 11) is 0. The molecule has 0 radical (unpaired) electrons. The van der Waals surface area contributed by atoms with Gasteiger partial charge >= 0.3 is 0 Å². The molecular weight excluding hydrogens is 362 g/mol. The van der Waals surface area contributed by atoms with Crippen molar-refractivity contribution in [2.45, 2.75) is 20.4 Å². The van der Waals surface area contributed by atoms with Crippen LogP contribution in [0.15, 0.2) is 54.6 Å². The molecule has 0 bridgehead atoms. The Balaban J connectivity index is 1.64. The summed E-state index contributed by atoms with van der Waals surface area (Å²) in [5.41, 5.74) is 5.09. The average molecular weight is 389 g/mol. The topological polar surface area (TPSA) is 54.5 Å². The van der Waals surface area contributed by atoms with Crippen LogP contribution in [0.1, 0.15) is 19.4 Å². The Kier molecular flexibility index (Phi) is 5.88. The summed E-state index contributed by atoms with van der Waals surface area (Å²) in [6.45, 7) is 8.16. The third kappa shape index (κ3) is 4.63. The zero-order valence-electron chi connectivity index (χ0n) is 17.0.